The van der Waals surface area contributed by atoms with Gasteiger partial charge in [-0.15, -0.1) is 34.0 Å². The summed E-state index contributed by atoms with van der Waals surface area (Å²) in [6, 6.07) is 5.01. The molecular weight excluding hydrogens is 330 g/mol. The molecule has 0 aromatic carbocycles. The third kappa shape index (κ3) is 2.99. The van der Waals surface area contributed by atoms with Crippen molar-refractivity contribution < 1.29 is 9.72 Å². The molecule has 0 aliphatic carbocycles. The highest BCUT2D eigenvalue weighted by atomic mass is 32.1. The van der Waals surface area contributed by atoms with E-state index in [1.54, 1.807) is 17.5 Å². The van der Waals surface area contributed by atoms with Crippen LogP contribution in [0.2, 0.25) is 0 Å². The van der Waals surface area contributed by atoms with Gasteiger partial charge in [-0.1, -0.05) is 6.07 Å². The van der Waals surface area contributed by atoms with E-state index in [9.17, 15) is 14.9 Å². The molecule has 0 spiro atoms. The zero-order chi connectivity index (χ0) is 14.8. The summed E-state index contributed by atoms with van der Waals surface area (Å²) in [5.74, 6) is -0.205. The Morgan fingerprint density at radius 3 is 2.81 bits per heavy atom. The van der Waals surface area contributed by atoms with Gasteiger partial charge in [0.15, 0.2) is 5.13 Å². The molecule has 0 aliphatic heterocycles. The van der Waals surface area contributed by atoms with Gasteiger partial charge in [0.2, 0.25) is 0 Å². The summed E-state index contributed by atoms with van der Waals surface area (Å²) >= 11 is 3.89. The third-order valence-corrected chi connectivity index (χ3v) is 5.09. The first-order valence-corrected chi connectivity index (χ1v) is 8.31. The molecule has 3 aromatic heterocycles. The molecule has 6 nitrogen and oxygen atoms in total. The smallest absolute Gasteiger partial charge is 0.280 e. The molecule has 0 aliphatic rings. The number of hydrogen-bond acceptors (Lipinski definition) is 7. The number of aromatic nitrogens is 1. The van der Waals surface area contributed by atoms with Crippen molar-refractivity contribution >= 4 is 50.7 Å². The van der Waals surface area contributed by atoms with Crippen molar-refractivity contribution in [1.29, 1.82) is 0 Å². The van der Waals surface area contributed by atoms with Gasteiger partial charge in [0.05, 0.1) is 25.8 Å². The Kier molecular flexibility index (Phi) is 3.78. The normalized spacial score (nSPS) is 10.5. The molecule has 0 radical (unpaired) electrons. The van der Waals surface area contributed by atoms with Crippen LogP contribution in [0.1, 0.15) is 9.67 Å². The first-order chi connectivity index (χ1) is 10.1. The van der Waals surface area contributed by atoms with E-state index < -0.39 is 4.92 Å². The van der Waals surface area contributed by atoms with Crippen LogP contribution in [-0.4, -0.2) is 15.8 Å². The molecule has 0 unspecified atom stereocenters. The maximum absolute atomic E-state index is 11.9. The molecule has 3 rings (SSSR count). The van der Waals surface area contributed by atoms with E-state index in [-0.39, 0.29) is 11.6 Å². The molecule has 21 heavy (non-hydrogen) atoms. The molecule has 0 atom stereocenters. The van der Waals surface area contributed by atoms with Crippen molar-refractivity contribution in [3.8, 4) is 10.6 Å². The first kappa shape index (κ1) is 13.9. The number of nitrogens with zero attached hydrogens (tertiary/aromatic N) is 2. The summed E-state index contributed by atoms with van der Waals surface area (Å²) in [6.07, 6.45) is 0. The molecule has 1 N–H and O–H groups in total. The van der Waals surface area contributed by atoms with Crippen LogP contribution < -0.4 is 5.32 Å². The maximum Gasteiger partial charge on any atom is 0.280 e. The lowest BCUT2D eigenvalue weighted by Gasteiger charge is -1.97. The summed E-state index contributed by atoms with van der Waals surface area (Å²) in [5.41, 5.74) is 0.673. The minimum atomic E-state index is -0.439. The van der Waals surface area contributed by atoms with E-state index >= 15 is 0 Å². The van der Waals surface area contributed by atoms with Crippen LogP contribution in [0.4, 0.5) is 10.8 Å². The monoisotopic (exact) mass is 337 g/mol. The zero-order valence-electron chi connectivity index (χ0n) is 10.3. The van der Waals surface area contributed by atoms with E-state index in [4.69, 9.17) is 0 Å². The number of thiazole rings is 1. The molecule has 0 saturated heterocycles. The first-order valence-electron chi connectivity index (χ1n) is 5.67. The van der Waals surface area contributed by atoms with Gasteiger partial charge >= 0.3 is 0 Å². The molecule has 106 valence electrons. The molecule has 9 heteroatoms. The Balaban J connectivity index is 1.76. The van der Waals surface area contributed by atoms with Gasteiger partial charge in [-0.05, 0) is 11.4 Å². The van der Waals surface area contributed by atoms with Gasteiger partial charge < -0.3 is 0 Å². The van der Waals surface area contributed by atoms with Gasteiger partial charge in [-0.2, -0.15) is 0 Å². The van der Waals surface area contributed by atoms with Gasteiger partial charge in [-0.3, -0.25) is 20.2 Å². The molecular formula is C12H7N3O3S3. The van der Waals surface area contributed by atoms with Crippen LogP contribution in [0.15, 0.2) is 34.3 Å². The number of hydrogen-bond donors (Lipinski definition) is 1. The highest BCUT2D eigenvalue weighted by Crippen LogP contribution is 2.33. The molecule has 3 heterocycles. The predicted octanol–water partition coefficient (Wildman–Crippen LogP) is 4.09. The van der Waals surface area contributed by atoms with E-state index in [2.05, 4.69) is 10.3 Å². The summed E-state index contributed by atoms with van der Waals surface area (Å²) in [6.45, 7) is 0. The largest absolute Gasteiger partial charge is 0.297 e. The number of carbonyl (C=O) groups excluding carboxylic acids is 1. The minimum Gasteiger partial charge on any atom is -0.297 e. The Labute approximate surface area is 130 Å². The fraction of sp³-hybridized carbons (Fsp3) is 0. The second kappa shape index (κ2) is 5.72. The summed E-state index contributed by atoms with van der Waals surface area (Å²) in [4.78, 5) is 27.7. The number of carbonyl (C=O) groups is 1. The van der Waals surface area contributed by atoms with Crippen molar-refractivity contribution in [2.45, 2.75) is 0 Å². The zero-order valence-corrected chi connectivity index (χ0v) is 12.8. The van der Waals surface area contributed by atoms with Crippen molar-refractivity contribution in [2.24, 2.45) is 0 Å². The quantitative estimate of drug-likeness (QED) is 0.574. The highest BCUT2D eigenvalue weighted by molar-refractivity contribution is 7.16. The Morgan fingerprint density at radius 2 is 2.14 bits per heavy atom. The lowest BCUT2D eigenvalue weighted by Crippen LogP contribution is -2.09. The fourth-order valence-electron chi connectivity index (χ4n) is 1.57. The van der Waals surface area contributed by atoms with E-state index in [0.29, 0.717) is 20.6 Å². The summed E-state index contributed by atoms with van der Waals surface area (Å²) in [7, 11) is 0. The SMILES string of the molecule is O=C(Nc1nc(-c2cc([N+](=O)[O-])cs2)cs1)c1cccs1. The van der Waals surface area contributed by atoms with Crippen molar-refractivity contribution in [3.05, 3.63) is 49.3 Å². The van der Waals surface area contributed by atoms with Crippen molar-refractivity contribution in [3.63, 3.8) is 0 Å². The number of nitro groups is 1. The van der Waals surface area contributed by atoms with Gasteiger partial charge in [-0.25, -0.2) is 4.98 Å². The standard InChI is InChI=1S/C12H7N3O3S3/c16-11(9-2-1-3-19-9)14-12-13-8(6-21-12)10-4-7(5-20-10)15(17)18/h1-6H,(H,13,14,16). The van der Waals surface area contributed by atoms with Crippen LogP contribution in [0.3, 0.4) is 0 Å². The maximum atomic E-state index is 11.9. The minimum absolute atomic E-state index is 0.0483. The summed E-state index contributed by atoms with van der Waals surface area (Å²) in [5, 5.41) is 18.9. The van der Waals surface area contributed by atoms with Gasteiger partial charge in [0.1, 0.15) is 0 Å². The number of anilines is 1. The van der Waals surface area contributed by atoms with Crippen LogP contribution >= 0.6 is 34.0 Å². The molecule has 0 saturated carbocycles. The second-order valence-electron chi connectivity index (χ2n) is 3.90. The van der Waals surface area contributed by atoms with Crippen molar-refractivity contribution in [2.75, 3.05) is 5.32 Å². The lowest BCUT2D eigenvalue weighted by molar-refractivity contribution is -0.384. The number of amides is 1. The van der Waals surface area contributed by atoms with E-state index in [1.807, 2.05) is 5.38 Å². The molecule has 0 bridgehead atoms. The Morgan fingerprint density at radius 1 is 1.29 bits per heavy atom. The van der Waals surface area contributed by atoms with Gasteiger partial charge in [0, 0.05) is 11.4 Å². The average Bonchev–Trinajstić information content (AvgIpc) is 3.20. The topological polar surface area (TPSA) is 85.1 Å². The molecule has 1 amide bonds. The third-order valence-electron chi connectivity index (χ3n) is 2.52. The van der Waals surface area contributed by atoms with Gasteiger partial charge in [0.25, 0.3) is 11.6 Å². The lowest BCUT2D eigenvalue weighted by atomic mass is 10.4. The molecule has 0 fully saturated rings. The number of rotatable bonds is 4. The van der Waals surface area contributed by atoms with Crippen LogP contribution in [-0.2, 0) is 0 Å². The highest BCUT2D eigenvalue weighted by Gasteiger charge is 2.14. The van der Waals surface area contributed by atoms with Crippen LogP contribution in [0, 0.1) is 10.1 Å². The number of nitrogens with one attached hydrogen (secondary N) is 1. The van der Waals surface area contributed by atoms with Crippen LogP contribution in [0.25, 0.3) is 10.6 Å². The Bertz CT molecular complexity index is 792. The number of thiophene rings is 2. The summed E-state index contributed by atoms with van der Waals surface area (Å²) < 4.78 is 0. The Hall–Kier alpha value is -2.10. The van der Waals surface area contributed by atoms with Crippen molar-refractivity contribution in [1.82, 2.24) is 4.98 Å². The average molecular weight is 337 g/mol. The fourth-order valence-corrected chi connectivity index (χ4v) is 3.78. The van der Waals surface area contributed by atoms with E-state index in [0.717, 1.165) is 0 Å². The molecule has 3 aromatic rings. The van der Waals surface area contributed by atoms with E-state index in [1.165, 1.54) is 45.5 Å². The van der Waals surface area contributed by atoms with Crippen LogP contribution in [0.5, 0.6) is 0 Å². The predicted molar refractivity (Wildman–Crippen MR) is 84.4 cm³/mol. The second-order valence-corrected chi connectivity index (χ2v) is 6.61.